The molecule has 102 valence electrons. The number of ketones is 1. The molecular weight excluding hydrogens is 234 g/mol. The zero-order valence-electron chi connectivity index (χ0n) is 11.5. The van der Waals surface area contributed by atoms with Crippen LogP contribution < -0.4 is 5.73 Å². The molecule has 1 aliphatic rings. The van der Waals surface area contributed by atoms with Crippen molar-refractivity contribution in [3.63, 3.8) is 0 Å². The largest absolute Gasteiger partial charge is 0.330 e. The van der Waals surface area contributed by atoms with Gasteiger partial charge in [0.1, 0.15) is 0 Å². The van der Waals surface area contributed by atoms with E-state index in [0.717, 1.165) is 42.4 Å². The van der Waals surface area contributed by atoms with Crippen molar-refractivity contribution >= 4 is 5.78 Å². The molecule has 0 fully saturated rings. The van der Waals surface area contributed by atoms with Crippen LogP contribution in [0.2, 0.25) is 0 Å². The number of benzene rings is 1. The van der Waals surface area contributed by atoms with Gasteiger partial charge in [-0.3, -0.25) is 4.79 Å². The van der Waals surface area contributed by atoms with Gasteiger partial charge in [-0.2, -0.15) is 0 Å². The maximum Gasteiger partial charge on any atom is 0.188 e. The molecule has 0 radical (unpaired) electrons. The van der Waals surface area contributed by atoms with Gasteiger partial charge in [-0.05, 0) is 49.8 Å². The number of nitrogens with two attached hydrogens (primary N) is 1. The Morgan fingerprint density at radius 3 is 2.74 bits per heavy atom. The Bertz CT molecular complexity index is 462. The number of Topliss-reactive ketones (excluding diaryl/α,β-unsaturated/α-hetero) is 1. The number of carbonyl (C=O) groups excluding carboxylic acids is 1. The van der Waals surface area contributed by atoms with Gasteiger partial charge in [0.05, 0.1) is 0 Å². The smallest absolute Gasteiger partial charge is 0.188 e. The van der Waals surface area contributed by atoms with E-state index in [1.807, 2.05) is 24.3 Å². The fraction of sp³-hybridized carbons (Fsp3) is 0.471. The molecule has 19 heavy (non-hydrogen) atoms. The van der Waals surface area contributed by atoms with Gasteiger partial charge in [-0.15, -0.1) is 0 Å². The summed E-state index contributed by atoms with van der Waals surface area (Å²) in [5.74, 6) is 0.214. The van der Waals surface area contributed by atoms with Crippen molar-refractivity contribution in [1.82, 2.24) is 0 Å². The van der Waals surface area contributed by atoms with E-state index in [-0.39, 0.29) is 5.78 Å². The van der Waals surface area contributed by atoms with Crippen LogP contribution in [0.1, 0.15) is 54.4 Å². The first-order chi connectivity index (χ1) is 9.33. The minimum atomic E-state index is 0.214. The second kappa shape index (κ2) is 7.25. The van der Waals surface area contributed by atoms with Crippen LogP contribution in [0.4, 0.5) is 0 Å². The molecule has 1 aromatic rings. The summed E-state index contributed by atoms with van der Waals surface area (Å²) in [7, 11) is 0. The van der Waals surface area contributed by atoms with Crippen LogP contribution in [0.5, 0.6) is 0 Å². The molecule has 2 rings (SSSR count). The fourth-order valence-corrected chi connectivity index (χ4v) is 2.69. The molecule has 0 aromatic heterocycles. The quantitative estimate of drug-likeness (QED) is 0.837. The normalized spacial score (nSPS) is 19.1. The minimum Gasteiger partial charge on any atom is -0.330 e. The molecule has 2 nitrogen and oxygen atoms in total. The monoisotopic (exact) mass is 257 g/mol. The highest BCUT2D eigenvalue weighted by Crippen LogP contribution is 2.22. The summed E-state index contributed by atoms with van der Waals surface area (Å²) in [6, 6.07) is 7.88. The van der Waals surface area contributed by atoms with Crippen molar-refractivity contribution in [2.75, 3.05) is 6.54 Å². The Labute approximate surface area is 115 Å². The Morgan fingerprint density at radius 2 is 1.89 bits per heavy atom. The van der Waals surface area contributed by atoms with Crippen LogP contribution in [-0.4, -0.2) is 12.3 Å². The SMILES string of the molecule is NCCc1ccccc1C(=O)/C1=C/CCCCCC1. The molecule has 2 N–H and O–H groups in total. The zero-order valence-corrected chi connectivity index (χ0v) is 11.5. The lowest BCUT2D eigenvalue weighted by Crippen LogP contribution is -2.11. The summed E-state index contributed by atoms with van der Waals surface area (Å²) in [4.78, 5) is 12.7. The van der Waals surface area contributed by atoms with Crippen molar-refractivity contribution < 1.29 is 4.79 Å². The van der Waals surface area contributed by atoms with E-state index in [4.69, 9.17) is 5.73 Å². The van der Waals surface area contributed by atoms with Crippen LogP contribution in [0, 0.1) is 0 Å². The molecule has 0 spiro atoms. The number of rotatable bonds is 4. The van der Waals surface area contributed by atoms with Crippen molar-refractivity contribution in [2.24, 2.45) is 5.73 Å². The number of carbonyl (C=O) groups is 1. The Kier molecular flexibility index (Phi) is 5.34. The van der Waals surface area contributed by atoms with Gasteiger partial charge in [0.2, 0.25) is 0 Å². The third kappa shape index (κ3) is 3.77. The third-order valence-electron chi connectivity index (χ3n) is 3.76. The molecule has 0 bridgehead atoms. The maximum absolute atomic E-state index is 12.7. The highest BCUT2D eigenvalue weighted by atomic mass is 16.1. The minimum absolute atomic E-state index is 0.214. The lowest BCUT2D eigenvalue weighted by molar-refractivity contribution is 0.102. The first kappa shape index (κ1) is 14.0. The molecule has 2 heteroatoms. The van der Waals surface area contributed by atoms with E-state index < -0.39 is 0 Å². The molecule has 0 saturated heterocycles. The number of hydrogen-bond acceptors (Lipinski definition) is 2. The number of hydrogen-bond donors (Lipinski definition) is 1. The summed E-state index contributed by atoms with van der Waals surface area (Å²) >= 11 is 0. The highest BCUT2D eigenvalue weighted by molar-refractivity contribution is 6.09. The second-order valence-corrected chi connectivity index (χ2v) is 5.21. The van der Waals surface area contributed by atoms with Gasteiger partial charge in [0.25, 0.3) is 0 Å². The molecule has 1 aliphatic carbocycles. The second-order valence-electron chi connectivity index (χ2n) is 5.21. The maximum atomic E-state index is 12.7. The van der Waals surface area contributed by atoms with Crippen LogP contribution in [0.25, 0.3) is 0 Å². The first-order valence-corrected chi connectivity index (χ1v) is 7.34. The molecule has 0 aliphatic heterocycles. The van der Waals surface area contributed by atoms with E-state index in [1.54, 1.807) is 0 Å². The van der Waals surface area contributed by atoms with Gasteiger partial charge in [0.15, 0.2) is 5.78 Å². The highest BCUT2D eigenvalue weighted by Gasteiger charge is 2.15. The predicted molar refractivity (Wildman–Crippen MR) is 79.3 cm³/mol. The van der Waals surface area contributed by atoms with Gasteiger partial charge in [-0.1, -0.05) is 43.2 Å². The summed E-state index contributed by atoms with van der Waals surface area (Å²) in [6.07, 6.45) is 9.78. The zero-order chi connectivity index (χ0) is 13.5. The first-order valence-electron chi connectivity index (χ1n) is 7.34. The Morgan fingerprint density at radius 1 is 1.11 bits per heavy atom. The van der Waals surface area contributed by atoms with E-state index in [0.29, 0.717) is 6.54 Å². The standard InChI is InChI=1S/C17H23NO/c18-13-12-14-8-6-7-11-16(14)17(19)15-9-4-2-1-3-5-10-15/h6-9,11H,1-5,10,12-13,18H2/b15-9+. The summed E-state index contributed by atoms with van der Waals surface area (Å²) < 4.78 is 0. The van der Waals surface area contributed by atoms with Crippen LogP contribution in [-0.2, 0) is 6.42 Å². The molecule has 0 amide bonds. The van der Waals surface area contributed by atoms with Gasteiger partial charge >= 0.3 is 0 Å². The van der Waals surface area contributed by atoms with Crippen molar-refractivity contribution in [2.45, 2.75) is 44.9 Å². The molecule has 0 atom stereocenters. The van der Waals surface area contributed by atoms with Crippen molar-refractivity contribution in [1.29, 1.82) is 0 Å². The molecular formula is C17H23NO. The molecule has 1 aromatic carbocycles. The Hall–Kier alpha value is -1.41. The summed E-state index contributed by atoms with van der Waals surface area (Å²) in [6.45, 7) is 0.587. The van der Waals surface area contributed by atoms with E-state index in [9.17, 15) is 4.79 Å². The van der Waals surface area contributed by atoms with E-state index in [2.05, 4.69) is 6.08 Å². The Balaban J connectivity index is 2.22. The van der Waals surface area contributed by atoms with Gasteiger partial charge in [-0.25, -0.2) is 0 Å². The van der Waals surface area contributed by atoms with Gasteiger partial charge < -0.3 is 5.73 Å². The predicted octanol–water partition coefficient (Wildman–Crippen LogP) is 3.65. The van der Waals surface area contributed by atoms with Crippen LogP contribution >= 0.6 is 0 Å². The van der Waals surface area contributed by atoms with E-state index >= 15 is 0 Å². The average molecular weight is 257 g/mol. The fourth-order valence-electron chi connectivity index (χ4n) is 2.69. The van der Waals surface area contributed by atoms with Crippen molar-refractivity contribution in [3.8, 4) is 0 Å². The molecule has 0 saturated carbocycles. The van der Waals surface area contributed by atoms with Gasteiger partial charge in [0, 0.05) is 5.56 Å². The molecule has 0 unspecified atom stereocenters. The topological polar surface area (TPSA) is 43.1 Å². The summed E-state index contributed by atoms with van der Waals surface area (Å²) in [5.41, 5.74) is 8.56. The van der Waals surface area contributed by atoms with Crippen LogP contribution in [0.15, 0.2) is 35.9 Å². The van der Waals surface area contributed by atoms with E-state index in [1.165, 1.54) is 19.3 Å². The lowest BCUT2D eigenvalue weighted by atomic mass is 9.91. The van der Waals surface area contributed by atoms with Crippen LogP contribution in [0.3, 0.4) is 0 Å². The van der Waals surface area contributed by atoms with Crippen molar-refractivity contribution in [3.05, 3.63) is 47.0 Å². The number of allylic oxidation sites excluding steroid dienone is 2. The average Bonchev–Trinajstić information content (AvgIpc) is 2.39. The lowest BCUT2D eigenvalue weighted by Gasteiger charge is -2.13. The molecule has 0 heterocycles. The third-order valence-corrected chi connectivity index (χ3v) is 3.76. The summed E-state index contributed by atoms with van der Waals surface area (Å²) in [5, 5.41) is 0.